The molecule has 0 radical (unpaired) electrons. The number of anilines is 1. The summed E-state index contributed by atoms with van der Waals surface area (Å²) < 4.78 is 27.0. The molecule has 5 nitrogen and oxygen atoms in total. The molecule has 0 aliphatic rings. The quantitative estimate of drug-likeness (QED) is 0.789. The molecule has 24 heavy (non-hydrogen) atoms. The minimum Gasteiger partial charge on any atom is -0.325 e. The third kappa shape index (κ3) is 4.66. The van der Waals surface area contributed by atoms with Gasteiger partial charge in [0.1, 0.15) is 4.21 Å². The summed E-state index contributed by atoms with van der Waals surface area (Å²) in [5.74, 6) is -0.129. The van der Waals surface area contributed by atoms with Gasteiger partial charge in [0.05, 0.1) is 6.54 Å². The average Bonchev–Trinajstić information content (AvgIpc) is 3.03. The fourth-order valence-corrected chi connectivity index (χ4v) is 4.56. The molecule has 2 N–H and O–H groups in total. The molecule has 0 aliphatic heterocycles. The van der Waals surface area contributed by atoms with Gasteiger partial charge in [-0.1, -0.05) is 39.0 Å². The third-order valence-corrected chi connectivity index (χ3v) is 6.65. The Hall–Kier alpha value is -1.70. The van der Waals surface area contributed by atoms with Gasteiger partial charge in [-0.05, 0) is 36.1 Å². The normalized spacial score (nSPS) is 11.7. The van der Waals surface area contributed by atoms with E-state index in [-0.39, 0.29) is 22.6 Å². The molecule has 2 rings (SSSR count). The van der Waals surface area contributed by atoms with Gasteiger partial charge in [0.25, 0.3) is 10.0 Å². The van der Waals surface area contributed by atoms with Crippen LogP contribution >= 0.6 is 11.3 Å². The largest absolute Gasteiger partial charge is 0.325 e. The van der Waals surface area contributed by atoms with E-state index in [4.69, 9.17) is 0 Å². The molecule has 0 spiro atoms. The van der Waals surface area contributed by atoms with E-state index in [9.17, 15) is 13.2 Å². The van der Waals surface area contributed by atoms with Crippen molar-refractivity contribution in [1.82, 2.24) is 4.72 Å². The number of nitrogens with one attached hydrogen (secondary N) is 2. The second kappa shape index (κ2) is 7.92. The van der Waals surface area contributed by atoms with Crippen molar-refractivity contribution in [1.29, 1.82) is 0 Å². The number of hydrogen-bond donors (Lipinski definition) is 2. The van der Waals surface area contributed by atoms with Crippen molar-refractivity contribution in [2.75, 3.05) is 11.9 Å². The third-order valence-electron chi connectivity index (χ3n) is 3.53. The molecule has 1 aromatic carbocycles. The number of carbonyl (C=O) groups excluding carboxylic acids is 1. The molecule has 0 saturated heterocycles. The van der Waals surface area contributed by atoms with E-state index in [0.29, 0.717) is 5.69 Å². The van der Waals surface area contributed by atoms with Crippen molar-refractivity contribution in [2.45, 2.75) is 37.3 Å². The Morgan fingerprint density at radius 3 is 2.50 bits per heavy atom. The Kier molecular flexibility index (Phi) is 6.15. The van der Waals surface area contributed by atoms with Gasteiger partial charge >= 0.3 is 0 Å². The molecule has 1 heterocycles. The van der Waals surface area contributed by atoms with Crippen molar-refractivity contribution in [2.24, 2.45) is 0 Å². The minimum absolute atomic E-state index is 0.231. The van der Waals surface area contributed by atoms with Crippen LogP contribution in [0.25, 0.3) is 0 Å². The number of thiophene rings is 1. The lowest BCUT2D eigenvalue weighted by atomic mass is 10.0. The van der Waals surface area contributed by atoms with Gasteiger partial charge in [-0.3, -0.25) is 4.79 Å². The fourth-order valence-electron chi connectivity index (χ4n) is 2.23. The Bertz CT molecular complexity index is 811. The first-order chi connectivity index (χ1) is 11.3. The first kappa shape index (κ1) is 18.6. The molecular weight excluding hydrogens is 344 g/mol. The van der Waals surface area contributed by atoms with Gasteiger partial charge in [-0.25, -0.2) is 13.1 Å². The zero-order valence-corrected chi connectivity index (χ0v) is 15.6. The molecule has 0 saturated carbocycles. The Balaban J connectivity index is 2.01. The molecule has 1 aromatic heterocycles. The summed E-state index contributed by atoms with van der Waals surface area (Å²) >= 11 is 1.22. The van der Waals surface area contributed by atoms with Crippen molar-refractivity contribution in [3.8, 4) is 0 Å². The van der Waals surface area contributed by atoms with Crippen LogP contribution in [0.2, 0.25) is 0 Å². The Morgan fingerprint density at radius 2 is 1.88 bits per heavy atom. The fraction of sp³-hybridized carbons (Fsp3) is 0.353. The number of benzene rings is 1. The van der Waals surface area contributed by atoms with Gasteiger partial charge in [0, 0.05) is 10.6 Å². The average molecular weight is 367 g/mol. The second-order valence-electron chi connectivity index (χ2n) is 5.69. The number of rotatable bonds is 7. The summed E-state index contributed by atoms with van der Waals surface area (Å²) in [6.45, 7) is 5.75. The predicted molar refractivity (Wildman–Crippen MR) is 98.0 cm³/mol. The molecule has 7 heteroatoms. The number of hydrogen-bond acceptors (Lipinski definition) is 4. The molecular formula is C17H22N2O3S2. The topological polar surface area (TPSA) is 75.3 Å². The van der Waals surface area contributed by atoms with Crippen LogP contribution in [-0.4, -0.2) is 20.9 Å². The highest BCUT2D eigenvalue weighted by molar-refractivity contribution is 7.91. The lowest BCUT2D eigenvalue weighted by molar-refractivity contribution is -0.115. The van der Waals surface area contributed by atoms with Gasteiger partial charge in [0.2, 0.25) is 5.91 Å². The highest BCUT2D eigenvalue weighted by Crippen LogP contribution is 2.24. The van der Waals surface area contributed by atoms with Crippen molar-refractivity contribution >= 4 is 33.0 Å². The van der Waals surface area contributed by atoms with E-state index in [2.05, 4.69) is 10.0 Å². The molecule has 2 aromatic rings. The van der Waals surface area contributed by atoms with E-state index >= 15 is 0 Å². The molecule has 130 valence electrons. The molecule has 0 unspecified atom stereocenters. The van der Waals surface area contributed by atoms with Gasteiger partial charge < -0.3 is 5.32 Å². The maximum Gasteiger partial charge on any atom is 0.250 e. The van der Waals surface area contributed by atoms with Crippen LogP contribution in [0.15, 0.2) is 40.6 Å². The first-order valence-corrected chi connectivity index (χ1v) is 10.1. The first-order valence-electron chi connectivity index (χ1n) is 7.80. The summed E-state index contributed by atoms with van der Waals surface area (Å²) in [6.07, 6.45) is 0.784. The molecule has 0 atom stereocenters. The zero-order valence-electron chi connectivity index (χ0n) is 14.0. The lowest BCUT2D eigenvalue weighted by Crippen LogP contribution is -2.32. The van der Waals surface area contributed by atoms with Gasteiger partial charge in [-0.15, -0.1) is 11.3 Å². The van der Waals surface area contributed by atoms with Crippen molar-refractivity contribution < 1.29 is 13.2 Å². The van der Waals surface area contributed by atoms with E-state index in [1.807, 2.05) is 45.0 Å². The summed E-state index contributed by atoms with van der Waals surface area (Å²) in [6, 6.07) is 10.9. The van der Waals surface area contributed by atoms with Crippen LogP contribution in [0, 0.1) is 0 Å². The molecule has 0 fully saturated rings. The monoisotopic (exact) mass is 366 g/mol. The van der Waals surface area contributed by atoms with Crippen LogP contribution in [0.4, 0.5) is 5.69 Å². The van der Waals surface area contributed by atoms with Gasteiger partial charge in [-0.2, -0.15) is 0 Å². The summed E-state index contributed by atoms with van der Waals surface area (Å²) in [4.78, 5) is 13.1. The van der Waals surface area contributed by atoms with E-state index in [0.717, 1.165) is 16.9 Å². The highest BCUT2D eigenvalue weighted by Gasteiger charge is 2.18. The van der Waals surface area contributed by atoms with Crippen LogP contribution in [0.3, 0.4) is 0 Å². The highest BCUT2D eigenvalue weighted by atomic mass is 32.2. The van der Waals surface area contributed by atoms with Crippen LogP contribution in [0.1, 0.15) is 37.1 Å². The number of carbonyl (C=O) groups is 1. The number of sulfonamides is 1. The summed E-state index contributed by atoms with van der Waals surface area (Å²) in [5, 5.41) is 2.77. The standard InChI is InChI=1S/C17H22N2O3S2/c1-4-13-9-10-17(23-13)24(21,22)18-11-16(20)19-15-8-6-5-7-14(15)12(2)3/h5-10,12,18H,4,11H2,1-3H3,(H,19,20). The van der Waals surface area contributed by atoms with Crippen LogP contribution in [0.5, 0.6) is 0 Å². The molecule has 1 amide bonds. The van der Waals surface area contributed by atoms with E-state index in [1.165, 1.54) is 11.3 Å². The maximum atomic E-state index is 12.2. The lowest BCUT2D eigenvalue weighted by Gasteiger charge is -2.13. The molecule has 0 bridgehead atoms. The number of para-hydroxylation sites is 1. The zero-order chi connectivity index (χ0) is 17.7. The van der Waals surface area contributed by atoms with Gasteiger partial charge in [0.15, 0.2) is 0 Å². The van der Waals surface area contributed by atoms with E-state index in [1.54, 1.807) is 12.1 Å². The van der Waals surface area contributed by atoms with Crippen molar-refractivity contribution in [3.63, 3.8) is 0 Å². The van der Waals surface area contributed by atoms with Crippen molar-refractivity contribution in [3.05, 3.63) is 46.8 Å². The minimum atomic E-state index is -3.66. The van der Waals surface area contributed by atoms with E-state index < -0.39 is 10.0 Å². The summed E-state index contributed by atoms with van der Waals surface area (Å²) in [7, 11) is -3.66. The number of amides is 1. The molecule has 0 aliphatic carbocycles. The van der Waals surface area contributed by atoms with Crippen LogP contribution < -0.4 is 10.0 Å². The Labute approximate surface area is 147 Å². The van der Waals surface area contributed by atoms with Crippen LogP contribution in [-0.2, 0) is 21.2 Å². The second-order valence-corrected chi connectivity index (χ2v) is 8.85. The maximum absolute atomic E-state index is 12.2. The Morgan fingerprint density at radius 1 is 1.17 bits per heavy atom. The SMILES string of the molecule is CCc1ccc(S(=O)(=O)NCC(=O)Nc2ccccc2C(C)C)s1. The predicted octanol–water partition coefficient (Wildman–Crippen LogP) is 3.35. The summed E-state index contributed by atoms with van der Waals surface area (Å²) in [5.41, 5.74) is 1.72. The number of aryl methyl sites for hydroxylation is 1. The smallest absolute Gasteiger partial charge is 0.250 e.